The molecule has 2 N–H and O–H groups in total. The summed E-state index contributed by atoms with van der Waals surface area (Å²) in [4.78, 5) is 0. The van der Waals surface area contributed by atoms with Gasteiger partial charge in [0.2, 0.25) is 5.09 Å². The molecule has 0 aromatic carbocycles. The summed E-state index contributed by atoms with van der Waals surface area (Å²) in [6, 6.07) is 3.82. The Morgan fingerprint density at radius 3 is 2.50 bits per heavy atom. The average Bonchev–Trinajstić information content (AvgIpc) is 3.11. The van der Waals surface area contributed by atoms with E-state index in [0.717, 1.165) is 12.8 Å². The van der Waals surface area contributed by atoms with Gasteiger partial charge in [-0.3, -0.25) is 0 Å². The summed E-state index contributed by atoms with van der Waals surface area (Å²) in [6.45, 7) is 6.43. The van der Waals surface area contributed by atoms with Crippen LogP contribution in [0.2, 0.25) is 0 Å². The van der Waals surface area contributed by atoms with Crippen molar-refractivity contribution in [2.75, 3.05) is 0 Å². The Labute approximate surface area is 121 Å². The van der Waals surface area contributed by atoms with E-state index >= 15 is 0 Å². The van der Waals surface area contributed by atoms with Crippen LogP contribution in [0.25, 0.3) is 0 Å². The zero-order valence-corrected chi connectivity index (χ0v) is 13.2. The van der Waals surface area contributed by atoms with Gasteiger partial charge in [0.05, 0.1) is 6.54 Å². The van der Waals surface area contributed by atoms with Crippen molar-refractivity contribution in [1.82, 2.24) is 10.0 Å². The van der Waals surface area contributed by atoms with Crippen molar-refractivity contribution in [3.05, 3.63) is 17.9 Å². The van der Waals surface area contributed by atoms with Crippen LogP contribution < -0.4 is 10.0 Å². The molecule has 0 spiro atoms. The zero-order chi connectivity index (χ0) is 14.8. The van der Waals surface area contributed by atoms with Crippen molar-refractivity contribution in [3.8, 4) is 0 Å². The van der Waals surface area contributed by atoms with Crippen LogP contribution in [0, 0.1) is 0 Å². The third-order valence-electron chi connectivity index (χ3n) is 3.99. The molecule has 0 bridgehead atoms. The summed E-state index contributed by atoms with van der Waals surface area (Å²) in [7, 11) is -3.59. The molecule has 114 valence electrons. The first-order valence-corrected chi connectivity index (χ1v) is 8.73. The van der Waals surface area contributed by atoms with Crippen molar-refractivity contribution in [2.24, 2.45) is 0 Å². The third-order valence-corrected chi connectivity index (χ3v) is 5.50. The lowest BCUT2D eigenvalue weighted by atomic mass is 9.98. The second kappa shape index (κ2) is 5.87. The Bertz CT molecular complexity index is 543. The maximum atomic E-state index is 12.3. The summed E-state index contributed by atoms with van der Waals surface area (Å²) in [6.07, 6.45) is 3.86. The van der Waals surface area contributed by atoms with Crippen LogP contribution in [-0.4, -0.2) is 20.0 Å². The monoisotopic (exact) mass is 300 g/mol. The maximum Gasteiger partial charge on any atom is 0.274 e. The highest BCUT2D eigenvalue weighted by atomic mass is 32.2. The summed E-state index contributed by atoms with van der Waals surface area (Å²) < 4.78 is 32.8. The largest absolute Gasteiger partial charge is 0.447 e. The molecule has 5 nitrogen and oxygen atoms in total. The van der Waals surface area contributed by atoms with Crippen LogP contribution in [-0.2, 0) is 16.6 Å². The van der Waals surface area contributed by atoms with Gasteiger partial charge in [-0.2, -0.15) is 0 Å². The molecule has 2 rings (SSSR count). The van der Waals surface area contributed by atoms with E-state index < -0.39 is 15.6 Å². The molecule has 1 aromatic rings. The van der Waals surface area contributed by atoms with Crippen LogP contribution in [0.5, 0.6) is 0 Å². The minimum Gasteiger partial charge on any atom is -0.447 e. The Hall–Kier alpha value is -0.850. The van der Waals surface area contributed by atoms with Crippen LogP contribution in [0.1, 0.15) is 52.2 Å². The molecule has 0 unspecified atom stereocenters. The molecule has 0 aliphatic heterocycles. The van der Waals surface area contributed by atoms with Crippen LogP contribution >= 0.6 is 0 Å². The number of sulfonamides is 1. The molecule has 0 amide bonds. The Balaban J connectivity index is 2.04. The summed E-state index contributed by atoms with van der Waals surface area (Å²) in [5, 5.41) is 3.30. The zero-order valence-electron chi connectivity index (χ0n) is 12.4. The lowest BCUT2D eigenvalue weighted by molar-refractivity contribution is 0.366. The van der Waals surface area contributed by atoms with Gasteiger partial charge in [-0.25, -0.2) is 13.1 Å². The van der Waals surface area contributed by atoms with E-state index in [2.05, 4.69) is 10.0 Å². The number of hydrogen-bond donors (Lipinski definition) is 2. The highest BCUT2D eigenvalue weighted by molar-refractivity contribution is 7.89. The van der Waals surface area contributed by atoms with Crippen molar-refractivity contribution >= 4 is 10.0 Å². The van der Waals surface area contributed by atoms with Gasteiger partial charge >= 0.3 is 0 Å². The first kappa shape index (κ1) is 15.5. The van der Waals surface area contributed by atoms with E-state index in [4.69, 9.17) is 4.42 Å². The van der Waals surface area contributed by atoms with E-state index in [1.54, 1.807) is 6.07 Å². The minimum atomic E-state index is -3.59. The maximum absolute atomic E-state index is 12.3. The highest BCUT2D eigenvalue weighted by Crippen LogP contribution is 2.22. The predicted octanol–water partition coefficient (Wildman–Crippen LogP) is 2.39. The Morgan fingerprint density at radius 2 is 1.95 bits per heavy atom. The van der Waals surface area contributed by atoms with Gasteiger partial charge < -0.3 is 9.73 Å². The molecule has 0 atom stereocenters. The number of rotatable bonds is 8. The number of furan rings is 1. The normalized spacial score (nSPS) is 16.6. The van der Waals surface area contributed by atoms with Crippen LogP contribution in [0.4, 0.5) is 0 Å². The first-order chi connectivity index (χ1) is 9.38. The van der Waals surface area contributed by atoms with Crippen molar-refractivity contribution in [3.63, 3.8) is 0 Å². The molecule has 1 aliphatic rings. The summed E-state index contributed by atoms with van der Waals surface area (Å²) >= 11 is 0. The molecular formula is C14H24N2O3S. The molecule has 1 aliphatic carbocycles. The number of nitrogens with one attached hydrogen (secondary N) is 2. The van der Waals surface area contributed by atoms with Gasteiger partial charge in [0.15, 0.2) is 0 Å². The molecular weight excluding hydrogens is 276 g/mol. The number of hydrogen-bond acceptors (Lipinski definition) is 4. The van der Waals surface area contributed by atoms with E-state index in [-0.39, 0.29) is 5.09 Å². The van der Waals surface area contributed by atoms with Gasteiger partial charge in [-0.15, -0.1) is 0 Å². The minimum absolute atomic E-state index is 0.00165. The Morgan fingerprint density at radius 1 is 1.30 bits per heavy atom. The lowest BCUT2D eigenvalue weighted by Crippen LogP contribution is -2.44. The lowest BCUT2D eigenvalue weighted by Gasteiger charge is -2.27. The standard InChI is InChI=1S/C14H24N2O3S/c1-4-14(3,5-2)16-20(17,18)13-9-8-12(19-13)10-15-11-6-7-11/h8-9,11,15-16H,4-7,10H2,1-3H3. The molecule has 6 heteroatoms. The van der Waals surface area contributed by atoms with Gasteiger partial charge in [-0.05, 0) is 44.7 Å². The fraction of sp³-hybridized carbons (Fsp3) is 0.714. The van der Waals surface area contributed by atoms with Gasteiger partial charge in [0.1, 0.15) is 5.76 Å². The fourth-order valence-corrected chi connectivity index (χ4v) is 3.40. The molecule has 1 fully saturated rings. The van der Waals surface area contributed by atoms with E-state index in [0.29, 0.717) is 18.3 Å². The van der Waals surface area contributed by atoms with Crippen molar-refractivity contribution in [1.29, 1.82) is 0 Å². The van der Waals surface area contributed by atoms with Gasteiger partial charge in [0.25, 0.3) is 10.0 Å². The second-order valence-corrected chi connectivity index (χ2v) is 7.36. The highest BCUT2D eigenvalue weighted by Gasteiger charge is 2.29. The average molecular weight is 300 g/mol. The molecule has 0 saturated heterocycles. The molecule has 1 heterocycles. The van der Waals surface area contributed by atoms with E-state index in [9.17, 15) is 8.42 Å². The van der Waals surface area contributed by atoms with Crippen molar-refractivity contribution in [2.45, 2.75) is 69.7 Å². The molecule has 1 saturated carbocycles. The third kappa shape index (κ3) is 3.84. The second-order valence-electron chi connectivity index (χ2n) is 5.75. The van der Waals surface area contributed by atoms with Crippen LogP contribution in [0.15, 0.2) is 21.6 Å². The van der Waals surface area contributed by atoms with Gasteiger partial charge in [-0.1, -0.05) is 13.8 Å². The topological polar surface area (TPSA) is 71.3 Å². The van der Waals surface area contributed by atoms with E-state index in [1.807, 2.05) is 20.8 Å². The first-order valence-electron chi connectivity index (χ1n) is 7.24. The Kier molecular flexibility index (Phi) is 4.56. The molecule has 1 aromatic heterocycles. The predicted molar refractivity (Wildman–Crippen MR) is 77.9 cm³/mol. The fourth-order valence-electron chi connectivity index (χ4n) is 1.90. The van der Waals surface area contributed by atoms with Crippen molar-refractivity contribution < 1.29 is 12.8 Å². The SMILES string of the molecule is CCC(C)(CC)NS(=O)(=O)c1ccc(CNC2CC2)o1. The van der Waals surface area contributed by atoms with Gasteiger partial charge in [0, 0.05) is 11.6 Å². The summed E-state index contributed by atoms with van der Waals surface area (Å²) in [5.41, 5.74) is -0.432. The van der Waals surface area contributed by atoms with E-state index in [1.165, 1.54) is 18.9 Å². The quantitative estimate of drug-likeness (QED) is 0.773. The molecule has 20 heavy (non-hydrogen) atoms. The van der Waals surface area contributed by atoms with Crippen LogP contribution in [0.3, 0.4) is 0 Å². The molecule has 0 radical (unpaired) electrons. The summed E-state index contributed by atoms with van der Waals surface area (Å²) in [5.74, 6) is 0.659. The smallest absolute Gasteiger partial charge is 0.274 e.